The van der Waals surface area contributed by atoms with Gasteiger partial charge >= 0.3 is 0 Å². The minimum atomic E-state index is 0.536. The number of halogens is 1. The molecule has 1 rings (SSSR count). The molecule has 0 aromatic carbocycles. The molecular weight excluding hydrogens is 220 g/mol. The summed E-state index contributed by atoms with van der Waals surface area (Å²) in [5.74, 6) is 0. The monoisotopic (exact) mass is 232 g/mol. The molecule has 0 N–H and O–H groups in total. The predicted octanol–water partition coefficient (Wildman–Crippen LogP) is 2.26. The lowest BCUT2D eigenvalue weighted by atomic mass is 10.4. The summed E-state index contributed by atoms with van der Waals surface area (Å²) >= 11 is 3.45. The van der Waals surface area contributed by atoms with Crippen LogP contribution in [0.5, 0.6) is 0 Å². The molecule has 4 heteroatoms. The van der Waals surface area contributed by atoms with Gasteiger partial charge in [0.15, 0.2) is 0 Å². The van der Waals surface area contributed by atoms with Crippen molar-refractivity contribution in [1.29, 1.82) is 0 Å². The van der Waals surface area contributed by atoms with Crippen molar-refractivity contribution in [3.63, 3.8) is 0 Å². The average Bonchev–Trinajstić information content (AvgIpc) is 2.30. The fourth-order valence-electron chi connectivity index (χ4n) is 0.979. The molecule has 1 aromatic heterocycles. The van der Waals surface area contributed by atoms with Crippen molar-refractivity contribution >= 4 is 15.9 Å². The van der Waals surface area contributed by atoms with Gasteiger partial charge in [-0.15, -0.1) is 0 Å². The van der Waals surface area contributed by atoms with Gasteiger partial charge in [-0.05, 0) is 36.7 Å². The number of hydrogen-bond acceptors (Lipinski definition) is 2. The number of aromatic nitrogens is 2. The van der Waals surface area contributed by atoms with Crippen molar-refractivity contribution in [3.05, 3.63) is 15.9 Å². The summed E-state index contributed by atoms with van der Waals surface area (Å²) in [5, 5.41) is 4.29. The molecule has 0 atom stereocenters. The van der Waals surface area contributed by atoms with E-state index in [0.717, 1.165) is 22.5 Å². The number of aryl methyl sites for hydroxylation is 1. The zero-order valence-electron chi connectivity index (χ0n) is 7.59. The molecule has 0 radical (unpaired) electrons. The normalized spacial score (nSPS) is 10.7. The van der Waals surface area contributed by atoms with E-state index in [1.165, 1.54) is 0 Å². The maximum atomic E-state index is 5.25. The van der Waals surface area contributed by atoms with Gasteiger partial charge in [-0.25, -0.2) is 4.68 Å². The first-order chi connectivity index (χ1) is 5.66. The number of hydrogen-bond donors (Lipinski definition) is 0. The first kappa shape index (κ1) is 9.74. The third-order valence-electron chi connectivity index (χ3n) is 1.71. The van der Waals surface area contributed by atoms with Crippen LogP contribution in [0.4, 0.5) is 0 Å². The number of rotatable bonds is 3. The highest BCUT2D eigenvalue weighted by Gasteiger charge is 2.07. The average molecular weight is 233 g/mol. The Labute approximate surface area is 80.8 Å². The van der Waals surface area contributed by atoms with E-state index in [-0.39, 0.29) is 0 Å². The minimum Gasteiger partial charge on any atom is -0.360 e. The first-order valence-electron chi connectivity index (χ1n) is 3.94. The standard InChI is InChI=1S/C8H13BrN2O/c1-4-12-5-11-7(3)8(9)6(2)10-11/h4-5H2,1-3H3. The Bertz CT molecular complexity index is 270. The second-order valence-electron chi connectivity index (χ2n) is 2.61. The fourth-order valence-corrected chi connectivity index (χ4v) is 1.26. The third kappa shape index (κ3) is 1.87. The van der Waals surface area contributed by atoms with E-state index in [0.29, 0.717) is 6.73 Å². The van der Waals surface area contributed by atoms with Crippen LogP contribution in [-0.4, -0.2) is 16.4 Å². The summed E-state index contributed by atoms with van der Waals surface area (Å²) in [6.45, 7) is 7.22. The zero-order valence-corrected chi connectivity index (χ0v) is 9.18. The second-order valence-corrected chi connectivity index (χ2v) is 3.40. The molecule has 1 aromatic rings. The summed E-state index contributed by atoms with van der Waals surface area (Å²) in [6.07, 6.45) is 0. The Morgan fingerprint density at radius 3 is 2.58 bits per heavy atom. The quantitative estimate of drug-likeness (QED) is 0.800. The van der Waals surface area contributed by atoms with Gasteiger partial charge in [-0.3, -0.25) is 0 Å². The first-order valence-corrected chi connectivity index (χ1v) is 4.73. The highest BCUT2D eigenvalue weighted by molar-refractivity contribution is 9.10. The summed E-state index contributed by atoms with van der Waals surface area (Å²) in [5.41, 5.74) is 2.12. The topological polar surface area (TPSA) is 27.1 Å². The van der Waals surface area contributed by atoms with Crippen molar-refractivity contribution in [1.82, 2.24) is 9.78 Å². The molecular formula is C8H13BrN2O. The van der Waals surface area contributed by atoms with E-state index in [4.69, 9.17) is 4.74 Å². The van der Waals surface area contributed by atoms with E-state index < -0.39 is 0 Å². The Kier molecular flexibility index (Phi) is 3.29. The van der Waals surface area contributed by atoms with E-state index >= 15 is 0 Å². The third-order valence-corrected chi connectivity index (χ3v) is 2.86. The Morgan fingerprint density at radius 1 is 1.50 bits per heavy atom. The van der Waals surface area contributed by atoms with E-state index in [1.54, 1.807) is 0 Å². The second kappa shape index (κ2) is 4.05. The summed E-state index contributed by atoms with van der Waals surface area (Å²) in [6, 6.07) is 0. The van der Waals surface area contributed by atoms with Crippen molar-refractivity contribution in [3.8, 4) is 0 Å². The largest absolute Gasteiger partial charge is 0.360 e. The molecule has 0 aliphatic rings. The molecule has 3 nitrogen and oxygen atoms in total. The Hall–Kier alpha value is -0.350. The van der Waals surface area contributed by atoms with Gasteiger partial charge in [0.1, 0.15) is 6.73 Å². The van der Waals surface area contributed by atoms with E-state index in [9.17, 15) is 0 Å². The fraction of sp³-hybridized carbons (Fsp3) is 0.625. The molecule has 12 heavy (non-hydrogen) atoms. The van der Waals surface area contributed by atoms with Gasteiger partial charge in [0.2, 0.25) is 0 Å². The summed E-state index contributed by atoms with van der Waals surface area (Å²) in [4.78, 5) is 0. The van der Waals surface area contributed by atoms with Gasteiger partial charge in [0.25, 0.3) is 0 Å². The van der Waals surface area contributed by atoms with Crippen molar-refractivity contribution in [2.75, 3.05) is 6.61 Å². The lowest BCUT2D eigenvalue weighted by Crippen LogP contribution is -2.05. The molecule has 1 heterocycles. The highest BCUT2D eigenvalue weighted by Crippen LogP contribution is 2.19. The summed E-state index contributed by atoms with van der Waals surface area (Å²) in [7, 11) is 0. The van der Waals surface area contributed by atoms with Crippen LogP contribution in [0.1, 0.15) is 18.3 Å². The minimum absolute atomic E-state index is 0.536. The molecule has 0 spiro atoms. The predicted molar refractivity (Wildman–Crippen MR) is 51.0 cm³/mol. The van der Waals surface area contributed by atoms with Gasteiger partial charge in [-0.2, -0.15) is 5.10 Å². The van der Waals surface area contributed by atoms with Gasteiger partial charge in [-0.1, -0.05) is 0 Å². The van der Waals surface area contributed by atoms with Crippen molar-refractivity contribution in [2.45, 2.75) is 27.5 Å². The zero-order chi connectivity index (χ0) is 9.14. The lowest BCUT2D eigenvalue weighted by molar-refractivity contribution is 0.0775. The van der Waals surface area contributed by atoms with Crippen LogP contribution in [0, 0.1) is 13.8 Å². The maximum absolute atomic E-state index is 5.25. The van der Waals surface area contributed by atoms with Crippen LogP contribution >= 0.6 is 15.9 Å². The van der Waals surface area contributed by atoms with Crippen LogP contribution in [-0.2, 0) is 11.5 Å². The van der Waals surface area contributed by atoms with Crippen molar-refractivity contribution < 1.29 is 4.74 Å². The Balaban J connectivity index is 2.79. The molecule has 0 amide bonds. The van der Waals surface area contributed by atoms with Crippen LogP contribution in [0.25, 0.3) is 0 Å². The maximum Gasteiger partial charge on any atom is 0.139 e. The van der Waals surface area contributed by atoms with Gasteiger partial charge in [0.05, 0.1) is 15.9 Å². The Morgan fingerprint density at radius 2 is 2.17 bits per heavy atom. The molecule has 0 aliphatic carbocycles. The van der Waals surface area contributed by atoms with E-state index in [2.05, 4.69) is 21.0 Å². The molecule has 0 unspecified atom stereocenters. The van der Waals surface area contributed by atoms with Crippen LogP contribution < -0.4 is 0 Å². The molecule has 0 saturated carbocycles. The van der Waals surface area contributed by atoms with Gasteiger partial charge < -0.3 is 4.74 Å². The van der Waals surface area contributed by atoms with E-state index in [1.807, 2.05) is 25.5 Å². The molecule has 0 bridgehead atoms. The SMILES string of the molecule is CCOCn1nc(C)c(Br)c1C. The molecule has 0 fully saturated rings. The molecule has 68 valence electrons. The lowest BCUT2D eigenvalue weighted by Gasteiger charge is -2.02. The molecule has 0 saturated heterocycles. The highest BCUT2D eigenvalue weighted by atomic mass is 79.9. The van der Waals surface area contributed by atoms with Crippen LogP contribution in [0.3, 0.4) is 0 Å². The number of nitrogens with zero attached hydrogens (tertiary/aromatic N) is 2. The van der Waals surface area contributed by atoms with Crippen LogP contribution in [0.15, 0.2) is 4.47 Å². The molecule has 0 aliphatic heterocycles. The smallest absolute Gasteiger partial charge is 0.139 e. The van der Waals surface area contributed by atoms with Crippen LogP contribution in [0.2, 0.25) is 0 Å². The van der Waals surface area contributed by atoms with Crippen molar-refractivity contribution in [2.24, 2.45) is 0 Å². The summed E-state index contributed by atoms with van der Waals surface area (Å²) < 4.78 is 8.17. The number of ether oxygens (including phenoxy) is 1. The van der Waals surface area contributed by atoms with Gasteiger partial charge in [0, 0.05) is 6.61 Å².